The Hall–Kier alpha value is -3.78. The molecule has 3 aromatic carbocycles. The van der Waals surface area contributed by atoms with Gasteiger partial charge in [-0.25, -0.2) is 4.79 Å². The predicted octanol–water partition coefficient (Wildman–Crippen LogP) is 4.17. The van der Waals surface area contributed by atoms with Crippen LogP contribution in [0.3, 0.4) is 0 Å². The number of nitrogens with zero attached hydrogens (tertiary/aromatic N) is 1. The number of anilines is 1. The van der Waals surface area contributed by atoms with Crippen molar-refractivity contribution in [1.82, 2.24) is 4.90 Å². The third-order valence-corrected chi connectivity index (χ3v) is 6.70. The SMILES string of the molecule is COc1cccc(NC(=O)CSc2ccccc2C(=O)OCC(=O)N2CCc3ccccc3C2)c1. The quantitative estimate of drug-likeness (QED) is 0.377. The highest BCUT2D eigenvalue weighted by molar-refractivity contribution is 8.00. The third-order valence-electron chi connectivity index (χ3n) is 5.63. The van der Waals surface area contributed by atoms with Gasteiger partial charge in [0.05, 0.1) is 18.4 Å². The normalized spacial score (nSPS) is 12.4. The Bertz CT molecular complexity index is 1230. The van der Waals surface area contributed by atoms with Gasteiger partial charge in [-0.3, -0.25) is 9.59 Å². The van der Waals surface area contributed by atoms with Crippen LogP contribution in [0, 0.1) is 0 Å². The van der Waals surface area contributed by atoms with Crippen molar-refractivity contribution in [1.29, 1.82) is 0 Å². The van der Waals surface area contributed by atoms with Gasteiger partial charge in [0.1, 0.15) is 5.75 Å². The first kappa shape index (κ1) is 24.3. The minimum absolute atomic E-state index is 0.105. The molecule has 0 bridgehead atoms. The number of methoxy groups -OCH3 is 1. The fourth-order valence-electron chi connectivity index (χ4n) is 3.81. The van der Waals surface area contributed by atoms with E-state index in [0.717, 1.165) is 12.0 Å². The van der Waals surface area contributed by atoms with E-state index in [4.69, 9.17) is 9.47 Å². The lowest BCUT2D eigenvalue weighted by Gasteiger charge is -2.28. The summed E-state index contributed by atoms with van der Waals surface area (Å²) in [6.45, 7) is 0.792. The largest absolute Gasteiger partial charge is 0.497 e. The molecule has 1 aliphatic heterocycles. The molecule has 4 rings (SSSR count). The molecule has 0 atom stereocenters. The lowest BCUT2D eigenvalue weighted by Crippen LogP contribution is -2.38. The Morgan fingerprint density at radius 2 is 1.74 bits per heavy atom. The Balaban J connectivity index is 1.30. The van der Waals surface area contributed by atoms with Crippen LogP contribution in [0.1, 0.15) is 21.5 Å². The molecule has 35 heavy (non-hydrogen) atoms. The van der Waals surface area contributed by atoms with Crippen molar-refractivity contribution < 1.29 is 23.9 Å². The van der Waals surface area contributed by atoms with Crippen LogP contribution in [-0.2, 0) is 27.3 Å². The summed E-state index contributed by atoms with van der Waals surface area (Å²) in [7, 11) is 1.56. The molecule has 7 nitrogen and oxygen atoms in total. The van der Waals surface area contributed by atoms with Crippen LogP contribution >= 0.6 is 11.8 Å². The van der Waals surface area contributed by atoms with Gasteiger partial charge in [0.25, 0.3) is 5.91 Å². The van der Waals surface area contributed by atoms with Crippen molar-refractivity contribution >= 4 is 35.2 Å². The number of thioether (sulfide) groups is 1. The number of carbonyl (C=O) groups excluding carboxylic acids is 3. The number of carbonyl (C=O) groups is 3. The molecule has 2 amide bonds. The summed E-state index contributed by atoms with van der Waals surface area (Å²) in [5, 5.41) is 2.81. The fraction of sp³-hybridized carbons (Fsp3) is 0.222. The van der Waals surface area contributed by atoms with Crippen molar-refractivity contribution in [2.75, 3.05) is 31.3 Å². The monoisotopic (exact) mass is 490 g/mol. The molecular weight excluding hydrogens is 464 g/mol. The molecule has 0 aromatic heterocycles. The lowest BCUT2D eigenvalue weighted by molar-refractivity contribution is -0.135. The van der Waals surface area contributed by atoms with Crippen molar-refractivity contribution in [2.24, 2.45) is 0 Å². The molecule has 0 aliphatic carbocycles. The summed E-state index contributed by atoms with van der Waals surface area (Å²) in [4.78, 5) is 40.1. The number of amides is 2. The smallest absolute Gasteiger partial charge is 0.339 e. The van der Waals surface area contributed by atoms with E-state index in [-0.39, 0.29) is 24.2 Å². The van der Waals surface area contributed by atoms with E-state index in [1.54, 1.807) is 60.5 Å². The molecule has 0 unspecified atom stereocenters. The summed E-state index contributed by atoms with van der Waals surface area (Å²) < 4.78 is 10.5. The Morgan fingerprint density at radius 1 is 0.971 bits per heavy atom. The molecule has 0 fully saturated rings. The maximum absolute atomic E-state index is 12.7. The molecule has 0 spiro atoms. The van der Waals surface area contributed by atoms with Crippen LogP contribution in [0.4, 0.5) is 5.69 Å². The van der Waals surface area contributed by atoms with Gasteiger partial charge in [-0.1, -0.05) is 42.5 Å². The van der Waals surface area contributed by atoms with Gasteiger partial charge in [-0.05, 0) is 41.8 Å². The first-order valence-electron chi connectivity index (χ1n) is 11.2. The molecule has 1 N–H and O–H groups in total. The predicted molar refractivity (Wildman–Crippen MR) is 135 cm³/mol. The number of esters is 1. The number of ether oxygens (including phenoxy) is 2. The highest BCUT2D eigenvalue weighted by Crippen LogP contribution is 2.24. The summed E-state index contributed by atoms with van der Waals surface area (Å²) in [5.41, 5.74) is 3.31. The van der Waals surface area contributed by atoms with Gasteiger partial charge in [-0.2, -0.15) is 0 Å². The average molecular weight is 491 g/mol. The van der Waals surface area contributed by atoms with E-state index in [2.05, 4.69) is 11.4 Å². The van der Waals surface area contributed by atoms with E-state index in [9.17, 15) is 14.4 Å². The molecular formula is C27H26N2O5S. The van der Waals surface area contributed by atoms with E-state index >= 15 is 0 Å². The van der Waals surface area contributed by atoms with Gasteiger partial charge >= 0.3 is 5.97 Å². The van der Waals surface area contributed by atoms with E-state index in [1.807, 2.05) is 18.2 Å². The third kappa shape index (κ3) is 6.42. The standard InChI is InChI=1S/C27H26N2O5S/c1-33-22-10-6-9-21(15-22)28-25(30)18-35-24-12-5-4-11-23(24)27(32)34-17-26(31)29-14-13-19-7-2-3-8-20(19)16-29/h2-12,15H,13-14,16-18H2,1H3,(H,28,30). The van der Waals surface area contributed by atoms with E-state index in [0.29, 0.717) is 35.0 Å². The number of nitrogens with one attached hydrogen (secondary N) is 1. The van der Waals surface area contributed by atoms with Crippen LogP contribution in [-0.4, -0.2) is 48.7 Å². The van der Waals surface area contributed by atoms with Crippen LogP contribution < -0.4 is 10.1 Å². The number of benzene rings is 3. The summed E-state index contributed by atoms with van der Waals surface area (Å²) in [5.74, 6) is -0.283. The number of rotatable bonds is 8. The number of hydrogen-bond donors (Lipinski definition) is 1. The van der Waals surface area contributed by atoms with Crippen molar-refractivity contribution in [3.05, 3.63) is 89.5 Å². The molecule has 0 saturated carbocycles. The second-order valence-electron chi connectivity index (χ2n) is 7.98. The lowest BCUT2D eigenvalue weighted by atomic mass is 10.00. The zero-order valence-electron chi connectivity index (χ0n) is 19.4. The highest BCUT2D eigenvalue weighted by atomic mass is 32.2. The van der Waals surface area contributed by atoms with Crippen LogP contribution in [0.5, 0.6) is 5.75 Å². The van der Waals surface area contributed by atoms with Gasteiger partial charge in [-0.15, -0.1) is 11.8 Å². The molecule has 0 saturated heterocycles. The molecule has 8 heteroatoms. The Kier molecular flexibility index (Phi) is 8.05. The van der Waals surface area contributed by atoms with Gasteiger partial charge in [0.2, 0.25) is 5.91 Å². The van der Waals surface area contributed by atoms with Gasteiger partial charge in [0.15, 0.2) is 6.61 Å². The number of hydrogen-bond acceptors (Lipinski definition) is 6. The Morgan fingerprint density at radius 3 is 2.57 bits per heavy atom. The first-order valence-corrected chi connectivity index (χ1v) is 12.2. The van der Waals surface area contributed by atoms with Gasteiger partial charge < -0.3 is 19.7 Å². The van der Waals surface area contributed by atoms with Crippen LogP contribution in [0.15, 0.2) is 77.7 Å². The van der Waals surface area contributed by atoms with E-state index < -0.39 is 5.97 Å². The van der Waals surface area contributed by atoms with Crippen molar-refractivity contribution in [3.63, 3.8) is 0 Å². The zero-order valence-corrected chi connectivity index (χ0v) is 20.2. The maximum Gasteiger partial charge on any atom is 0.339 e. The maximum atomic E-state index is 12.7. The van der Waals surface area contributed by atoms with Gasteiger partial charge in [0, 0.05) is 29.7 Å². The fourth-order valence-corrected chi connectivity index (χ4v) is 4.65. The van der Waals surface area contributed by atoms with Crippen molar-refractivity contribution in [3.8, 4) is 5.75 Å². The van der Waals surface area contributed by atoms with Crippen molar-refractivity contribution in [2.45, 2.75) is 17.9 Å². The second kappa shape index (κ2) is 11.6. The molecule has 3 aromatic rings. The Labute approximate surface area is 208 Å². The molecule has 0 radical (unpaired) electrons. The minimum atomic E-state index is -0.591. The summed E-state index contributed by atoms with van der Waals surface area (Å²) >= 11 is 1.23. The van der Waals surface area contributed by atoms with Crippen LogP contribution in [0.2, 0.25) is 0 Å². The molecule has 180 valence electrons. The average Bonchev–Trinajstić information content (AvgIpc) is 2.90. The first-order chi connectivity index (χ1) is 17.0. The van der Waals surface area contributed by atoms with Crippen LogP contribution in [0.25, 0.3) is 0 Å². The summed E-state index contributed by atoms with van der Waals surface area (Å²) in [6, 6.07) is 22.0. The molecule has 1 heterocycles. The second-order valence-corrected chi connectivity index (χ2v) is 8.99. The number of fused-ring (bicyclic) bond motifs is 1. The topological polar surface area (TPSA) is 84.9 Å². The highest BCUT2D eigenvalue weighted by Gasteiger charge is 2.22. The molecule has 1 aliphatic rings. The van der Waals surface area contributed by atoms with E-state index in [1.165, 1.54) is 17.3 Å². The minimum Gasteiger partial charge on any atom is -0.497 e. The zero-order chi connectivity index (χ0) is 24.6. The summed E-state index contributed by atoms with van der Waals surface area (Å²) in [6.07, 6.45) is 0.785.